The zero-order valence-corrected chi connectivity index (χ0v) is 9.79. The van der Waals surface area contributed by atoms with Gasteiger partial charge in [-0.25, -0.2) is 8.42 Å². The Morgan fingerprint density at radius 2 is 2.19 bits per heavy atom. The van der Waals surface area contributed by atoms with E-state index < -0.39 is 10.1 Å². The van der Waals surface area contributed by atoms with Crippen molar-refractivity contribution in [3.63, 3.8) is 0 Å². The second-order valence-electron chi connectivity index (χ2n) is 4.04. The first-order valence-corrected chi connectivity index (χ1v) is 6.53. The van der Waals surface area contributed by atoms with Gasteiger partial charge >= 0.3 is 0 Å². The zero-order valence-electron chi connectivity index (χ0n) is 8.97. The molecule has 0 amide bonds. The Morgan fingerprint density at radius 3 is 2.75 bits per heavy atom. The summed E-state index contributed by atoms with van der Waals surface area (Å²) in [6, 6.07) is 5.03. The summed E-state index contributed by atoms with van der Waals surface area (Å²) in [6.45, 7) is 2.92. The summed E-state index contributed by atoms with van der Waals surface area (Å²) in [4.78, 5) is -0.114. The lowest BCUT2D eigenvalue weighted by Crippen LogP contribution is -2.05. The molecule has 0 bridgehead atoms. The van der Waals surface area contributed by atoms with Crippen LogP contribution in [0.5, 0.6) is 0 Å². The van der Waals surface area contributed by atoms with Gasteiger partial charge in [-0.3, -0.25) is 0 Å². The van der Waals surface area contributed by atoms with E-state index in [1.54, 1.807) is 13.0 Å². The summed E-state index contributed by atoms with van der Waals surface area (Å²) < 4.78 is 38.3. The van der Waals surface area contributed by atoms with Crippen molar-refractivity contribution in [2.45, 2.75) is 24.2 Å². The molecule has 1 aromatic carbocycles. The first kappa shape index (κ1) is 11.6. The third kappa shape index (κ3) is 2.26. The van der Waals surface area contributed by atoms with E-state index in [9.17, 15) is 13.0 Å². The summed E-state index contributed by atoms with van der Waals surface area (Å²) >= 11 is 0. The summed E-state index contributed by atoms with van der Waals surface area (Å²) in [7, 11) is -4.38. The van der Waals surface area contributed by atoms with E-state index in [0.29, 0.717) is 18.8 Å². The maximum atomic E-state index is 11.0. The monoisotopic (exact) mass is 241 g/mol. The SMILES string of the molecule is Cc1ccc([C@@H]2CCOC2)cc1S(=O)(=O)[O-]. The molecule has 0 radical (unpaired) electrons. The number of rotatable bonds is 2. The smallest absolute Gasteiger partial charge is 0.124 e. The molecule has 0 aromatic heterocycles. The minimum atomic E-state index is -4.38. The molecule has 16 heavy (non-hydrogen) atoms. The molecule has 1 fully saturated rings. The average molecular weight is 241 g/mol. The van der Waals surface area contributed by atoms with Gasteiger partial charge in [0.2, 0.25) is 0 Å². The first-order chi connectivity index (χ1) is 7.48. The highest BCUT2D eigenvalue weighted by Crippen LogP contribution is 2.28. The lowest BCUT2D eigenvalue weighted by molar-refractivity contribution is 0.194. The van der Waals surface area contributed by atoms with Crippen molar-refractivity contribution in [2.24, 2.45) is 0 Å². The summed E-state index contributed by atoms with van der Waals surface area (Å²) in [5.41, 5.74) is 1.37. The van der Waals surface area contributed by atoms with E-state index in [2.05, 4.69) is 0 Å². The van der Waals surface area contributed by atoms with Crippen LogP contribution in [0, 0.1) is 6.92 Å². The van der Waals surface area contributed by atoms with Crippen LogP contribution in [0.25, 0.3) is 0 Å². The second kappa shape index (κ2) is 4.16. The van der Waals surface area contributed by atoms with Gasteiger partial charge in [0.25, 0.3) is 0 Å². The Kier molecular flexibility index (Phi) is 3.01. The molecule has 0 spiro atoms. The lowest BCUT2D eigenvalue weighted by Gasteiger charge is -2.14. The molecule has 1 aliphatic rings. The summed E-state index contributed by atoms with van der Waals surface area (Å²) in [6.07, 6.45) is 0.876. The van der Waals surface area contributed by atoms with Crippen molar-refractivity contribution >= 4 is 10.1 Å². The standard InChI is InChI=1S/C11H14O4S/c1-8-2-3-9(10-4-5-15-7-10)6-11(8)16(12,13)14/h2-3,6,10H,4-5,7H2,1H3,(H,12,13,14)/p-1/t10-/m1/s1. The number of hydrogen-bond acceptors (Lipinski definition) is 4. The Balaban J connectivity index is 2.43. The third-order valence-corrected chi connectivity index (χ3v) is 3.86. The normalized spacial score (nSPS) is 21.2. The highest BCUT2D eigenvalue weighted by molar-refractivity contribution is 7.85. The molecule has 1 aliphatic heterocycles. The van der Waals surface area contributed by atoms with Crippen LogP contribution in [0.2, 0.25) is 0 Å². The first-order valence-electron chi connectivity index (χ1n) is 5.12. The van der Waals surface area contributed by atoms with E-state index in [-0.39, 0.29) is 10.8 Å². The quantitative estimate of drug-likeness (QED) is 0.734. The number of hydrogen-bond donors (Lipinski definition) is 0. The molecule has 1 atom stereocenters. The molecule has 0 N–H and O–H groups in total. The van der Waals surface area contributed by atoms with E-state index >= 15 is 0 Å². The summed E-state index contributed by atoms with van der Waals surface area (Å²) in [5, 5.41) is 0. The highest BCUT2D eigenvalue weighted by atomic mass is 32.2. The number of ether oxygens (including phenoxy) is 1. The van der Waals surface area contributed by atoms with Gasteiger partial charge in [-0.1, -0.05) is 12.1 Å². The fourth-order valence-corrected chi connectivity index (χ4v) is 2.68. The molecule has 1 aromatic rings. The Bertz CT molecular complexity index is 487. The second-order valence-corrected chi connectivity index (χ2v) is 5.39. The van der Waals surface area contributed by atoms with E-state index in [4.69, 9.17) is 4.74 Å². The van der Waals surface area contributed by atoms with E-state index in [1.807, 2.05) is 6.07 Å². The van der Waals surface area contributed by atoms with Gasteiger partial charge in [-0.2, -0.15) is 0 Å². The molecule has 88 valence electrons. The number of benzene rings is 1. The van der Waals surface area contributed by atoms with Crippen LogP contribution in [0.4, 0.5) is 0 Å². The van der Waals surface area contributed by atoms with Crippen LogP contribution >= 0.6 is 0 Å². The van der Waals surface area contributed by atoms with Gasteiger partial charge in [0.15, 0.2) is 0 Å². The summed E-state index contributed by atoms with van der Waals surface area (Å²) in [5.74, 6) is 0.209. The molecule has 0 unspecified atom stereocenters. The van der Waals surface area contributed by atoms with E-state index in [0.717, 1.165) is 12.0 Å². The van der Waals surface area contributed by atoms with Gasteiger partial charge in [-0.05, 0) is 30.5 Å². The van der Waals surface area contributed by atoms with Crippen molar-refractivity contribution in [3.8, 4) is 0 Å². The van der Waals surface area contributed by atoms with Gasteiger partial charge in [-0.15, -0.1) is 0 Å². The van der Waals surface area contributed by atoms with Crippen molar-refractivity contribution in [1.29, 1.82) is 0 Å². The molecule has 4 nitrogen and oxygen atoms in total. The van der Waals surface area contributed by atoms with Crippen molar-refractivity contribution < 1.29 is 17.7 Å². The fraction of sp³-hybridized carbons (Fsp3) is 0.455. The minimum absolute atomic E-state index is 0.114. The maximum Gasteiger partial charge on any atom is 0.124 e. The third-order valence-electron chi connectivity index (χ3n) is 2.88. The zero-order chi connectivity index (χ0) is 11.8. The topological polar surface area (TPSA) is 66.4 Å². The molecule has 2 rings (SSSR count). The van der Waals surface area contributed by atoms with Gasteiger partial charge in [0.1, 0.15) is 10.1 Å². The van der Waals surface area contributed by atoms with Crippen LogP contribution in [-0.4, -0.2) is 26.2 Å². The molecular formula is C11H13O4S-. The molecule has 5 heteroatoms. The van der Waals surface area contributed by atoms with Gasteiger partial charge in [0, 0.05) is 12.5 Å². The predicted molar refractivity (Wildman–Crippen MR) is 57.3 cm³/mol. The highest BCUT2D eigenvalue weighted by Gasteiger charge is 2.19. The minimum Gasteiger partial charge on any atom is -0.744 e. The Labute approximate surface area is 95.0 Å². The van der Waals surface area contributed by atoms with Crippen LogP contribution in [0.3, 0.4) is 0 Å². The fourth-order valence-electron chi connectivity index (χ4n) is 1.94. The molecule has 0 aliphatic carbocycles. The van der Waals surface area contributed by atoms with Crippen LogP contribution in [-0.2, 0) is 14.9 Å². The van der Waals surface area contributed by atoms with Gasteiger partial charge < -0.3 is 9.29 Å². The largest absolute Gasteiger partial charge is 0.744 e. The Hall–Kier alpha value is -0.910. The van der Waals surface area contributed by atoms with E-state index in [1.165, 1.54) is 6.07 Å². The lowest BCUT2D eigenvalue weighted by atomic mass is 9.98. The van der Waals surface area contributed by atoms with Gasteiger partial charge in [0.05, 0.1) is 11.5 Å². The Morgan fingerprint density at radius 1 is 1.44 bits per heavy atom. The van der Waals surface area contributed by atoms with Crippen LogP contribution in [0.1, 0.15) is 23.5 Å². The number of aryl methyl sites for hydroxylation is 1. The van der Waals surface area contributed by atoms with Crippen LogP contribution in [0.15, 0.2) is 23.1 Å². The van der Waals surface area contributed by atoms with Crippen LogP contribution < -0.4 is 0 Å². The molecule has 1 heterocycles. The van der Waals surface area contributed by atoms with Crippen molar-refractivity contribution in [1.82, 2.24) is 0 Å². The molecule has 0 saturated carbocycles. The van der Waals surface area contributed by atoms with Crippen molar-refractivity contribution in [2.75, 3.05) is 13.2 Å². The molecule has 1 saturated heterocycles. The molecular weight excluding hydrogens is 228 g/mol. The van der Waals surface area contributed by atoms with Crippen molar-refractivity contribution in [3.05, 3.63) is 29.3 Å². The average Bonchev–Trinajstić information content (AvgIpc) is 2.69. The predicted octanol–water partition coefficient (Wildman–Crippen LogP) is 1.40. The maximum absolute atomic E-state index is 11.0.